The minimum absolute atomic E-state index is 0.115. The van der Waals surface area contributed by atoms with E-state index in [-0.39, 0.29) is 18.5 Å². The van der Waals surface area contributed by atoms with E-state index in [0.717, 1.165) is 47.4 Å². The zero-order valence-electron chi connectivity index (χ0n) is 21.5. The fourth-order valence-electron chi connectivity index (χ4n) is 4.76. The fourth-order valence-corrected chi connectivity index (χ4v) is 5.82. The number of carbonyl (C=O) groups excluding carboxylic acids is 2. The van der Waals surface area contributed by atoms with Crippen LogP contribution in [-0.2, 0) is 26.2 Å². The molecule has 1 N–H and O–H groups in total. The maximum atomic E-state index is 13.8. The number of nitrogens with one attached hydrogen (secondary N) is 1. The van der Waals surface area contributed by atoms with Crippen LogP contribution < -0.4 is 9.62 Å². The van der Waals surface area contributed by atoms with Crippen LogP contribution in [0.2, 0.25) is 5.02 Å². The SMILES string of the molecule is CC[C@@H](C(=O)NC1CCCC1)N(Cc1cccc(C)c1)C(=O)CN(c1cccc(Cl)c1C)S(C)(=O)=O. The number of hydrogen-bond donors (Lipinski definition) is 1. The standard InChI is InChI=1S/C27H36ClN3O4S/c1-5-24(27(33)29-22-12-6-7-13-22)30(17-21-11-8-10-19(2)16-21)26(32)18-31(36(4,34)35)25-15-9-14-23(28)20(25)3/h8-11,14-16,22,24H,5-7,12-13,17-18H2,1-4H3,(H,29,33)/t24-/m0/s1. The molecule has 0 aromatic heterocycles. The Morgan fingerprint density at radius 2 is 1.78 bits per heavy atom. The van der Waals surface area contributed by atoms with Crippen molar-refractivity contribution >= 4 is 39.1 Å². The van der Waals surface area contributed by atoms with Crippen molar-refractivity contribution in [2.75, 3.05) is 17.1 Å². The Bertz CT molecular complexity index is 1200. The van der Waals surface area contributed by atoms with Gasteiger partial charge in [0, 0.05) is 17.6 Å². The monoisotopic (exact) mass is 533 g/mol. The smallest absolute Gasteiger partial charge is 0.244 e. The van der Waals surface area contributed by atoms with Gasteiger partial charge in [0.25, 0.3) is 0 Å². The second kappa shape index (κ2) is 12.1. The van der Waals surface area contributed by atoms with Gasteiger partial charge >= 0.3 is 0 Å². The lowest BCUT2D eigenvalue weighted by Gasteiger charge is -2.33. The predicted octanol–water partition coefficient (Wildman–Crippen LogP) is 4.59. The van der Waals surface area contributed by atoms with Gasteiger partial charge in [-0.1, -0.05) is 67.3 Å². The van der Waals surface area contributed by atoms with E-state index < -0.39 is 28.5 Å². The molecule has 196 valence electrons. The minimum Gasteiger partial charge on any atom is -0.352 e. The summed E-state index contributed by atoms with van der Waals surface area (Å²) in [4.78, 5) is 28.6. The highest BCUT2D eigenvalue weighted by Gasteiger charge is 2.33. The summed E-state index contributed by atoms with van der Waals surface area (Å²) in [5, 5.41) is 3.52. The van der Waals surface area contributed by atoms with Crippen LogP contribution in [0.1, 0.15) is 55.7 Å². The molecule has 36 heavy (non-hydrogen) atoms. The molecule has 1 atom stereocenters. The number of aryl methyl sites for hydroxylation is 1. The molecule has 0 radical (unpaired) electrons. The molecule has 0 aliphatic heterocycles. The molecule has 0 spiro atoms. The van der Waals surface area contributed by atoms with Crippen molar-refractivity contribution < 1.29 is 18.0 Å². The highest BCUT2D eigenvalue weighted by molar-refractivity contribution is 7.92. The molecule has 7 nitrogen and oxygen atoms in total. The third-order valence-electron chi connectivity index (χ3n) is 6.71. The van der Waals surface area contributed by atoms with E-state index in [1.807, 2.05) is 38.1 Å². The summed E-state index contributed by atoms with van der Waals surface area (Å²) in [6.45, 7) is 5.31. The Balaban J connectivity index is 1.95. The molecular weight excluding hydrogens is 498 g/mol. The maximum Gasteiger partial charge on any atom is 0.244 e. The highest BCUT2D eigenvalue weighted by Crippen LogP contribution is 2.28. The number of amides is 2. The van der Waals surface area contributed by atoms with Crippen LogP contribution in [0, 0.1) is 13.8 Å². The molecule has 0 bridgehead atoms. The quantitative estimate of drug-likeness (QED) is 0.484. The zero-order valence-corrected chi connectivity index (χ0v) is 23.0. The molecule has 1 aliphatic rings. The van der Waals surface area contributed by atoms with Gasteiger partial charge in [0.2, 0.25) is 21.8 Å². The van der Waals surface area contributed by atoms with Gasteiger partial charge in [-0.15, -0.1) is 0 Å². The van der Waals surface area contributed by atoms with E-state index >= 15 is 0 Å². The van der Waals surface area contributed by atoms with Crippen LogP contribution in [0.4, 0.5) is 5.69 Å². The van der Waals surface area contributed by atoms with E-state index in [2.05, 4.69) is 5.32 Å². The molecule has 2 amide bonds. The fraction of sp³-hybridized carbons (Fsp3) is 0.481. The molecule has 1 fully saturated rings. The lowest BCUT2D eigenvalue weighted by atomic mass is 10.1. The first kappa shape index (κ1) is 28.0. The molecule has 1 saturated carbocycles. The van der Waals surface area contributed by atoms with E-state index in [1.54, 1.807) is 25.1 Å². The number of rotatable bonds is 10. The third kappa shape index (κ3) is 7.01. The van der Waals surface area contributed by atoms with Crippen molar-refractivity contribution in [3.05, 3.63) is 64.2 Å². The first-order chi connectivity index (χ1) is 17.0. The van der Waals surface area contributed by atoms with Crippen LogP contribution in [0.5, 0.6) is 0 Å². The Morgan fingerprint density at radius 1 is 1.11 bits per heavy atom. The van der Waals surface area contributed by atoms with Crippen LogP contribution in [0.15, 0.2) is 42.5 Å². The van der Waals surface area contributed by atoms with E-state index in [0.29, 0.717) is 22.7 Å². The summed E-state index contributed by atoms with van der Waals surface area (Å²) in [6, 6.07) is 12.1. The van der Waals surface area contributed by atoms with Crippen molar-refractivity contribution in [2.24, 2.45) is 0 Å². The van der Waals surface area contributed by atoms with Crippen LogP contribution in [-0.4, -0.2) is 50.0 Å². The number of sulfonamides is 1. The minimum atomic E-state index is -3.81. The molecular formula is C27H36ClN3O4S. The Kier molecular flexibility index (Phi) is 9.41. The van der Waals surface area contributed by atoms with Gasteiger partial charge in [-0.25, -0.2) is 8.42 Å². The Morgan fingerprint density at radius 3 is 2.39 bits per heavy atom. The normalized spacial score (nSPS) is 14.9. The molecule has 1 aliphatic carbocycles. The van der Waals surface area contributed by atoms with Crippen LogP contribution in [0.25, 0.3) is 0 Å². The molecule has 0 unspecified atom stereocenters. The van der Waals surface area contributed by atoms with Crippen molar-refractivity contribution in [3.8, 4) is 0 Å². The van der Waals surface area contributed by atoms with Crippen molar-refractivity contribution in [3.63, 3.8) is 0 Å². The molecule has 3 rings (SSSR count). The van der Waals surface area contributed by atoms with Gasteiger partial charge in [0.05, 0.1) is 11.9 Å². The average Bonchev–Trinajstić information content (AvgIpc) is 3.31. The van der Waals surface area contributed by atoms with Gasteiger partial charge in [0.15, 0.2) is 0 Å². The van der Waals surface area contributed by atoms with Crippen LogP contribution >= 0.6 is 11.6 Å². The second-order valence-electron chi connectivity index (χ2n) is 9.58. The maximum absolute atomic E-state index is 13.8. The third-order valence-corrected chi connectivity index (χ3v) is 8.25. The predicted molar refractivity (Wildman–Crippen MR) is 145 cm³/mol. The summed E-state index contributed by atoms with van der Waals surface area (Å²) in [6.07, 6.45) is 5.50. The summed E-state index contributed by atoms with van der Waals surface area (Å²) < 4.78 is 26.7. The lowest BCUT2D eigenvalue weighted by molar-refractivity contribution is -0.140. The molecule has 2 aromatic carbocycles. The van der Waals surface area contributed by atoms with Crippen molar-refractivity contribution in [2.45, 2.75) is 71.5 Å². The van der Waals surface area contributed by atoms with Gasteiger partial charge in [0.1, 0.15) is 12.6 Å². The summed E-state index contributed by atoms with van der Waals surface area (Å²) in [5.74, 6) is -0.648. The second-order valence-corrected chi connectivity index (χ2v) is 11.9. The van der Waals surface area contributed by atoms with Crippen molar-refractivity contribution in [1.29, 1.82) is 0 Å². The van der Waals surface area contributed by atoms with E-state index in [1.165, 1.54) is 4.90 Å². The topological polar surface area (TPSA) is 86.8 Å². The van der Waals surface area contributed by atoms with Gasteiger partial charge in [-0.2, -0.15) is 0 Å². The average molecular weight is 534 g/mol. The summed E-state index contributed by atoms with van der Waals surface area (Å²) in [5.41, 5.74) is 2.82. The number of anilines is 1. The zero-order chi connectivity index (χ0) is 26.5. The largest absolute Gasteiger partial charge is 0.352 e. The number of carbonyl (C=O) groups is 2. The first-order valence-corrected chi connectivity index (χ1v) is 14.6. The lowest BCUT2D eigenvalue weighted by Crippen LogP contribution is -2.53. The van der Waals surface area contributed by atoms with Gasteiger partial charge in [-0.3, -0.25) is 13.9 Å². The number of nitrogens with zero attached hydrogens (tertiary/aromatic N) is 2. The summed E-state index contributed by atoms with van der Waals surface area (Å²) in [7, 11) is -3.81. The van der Waals surface area contributed by atoms with E-state index in [9.17, 15) is 18.0 Å². The highest BCUT2D eigenvalue weighted by atomic mass is 35.5. The molecule has 9 heteroatoms. The van der Waals surface area contributed by atoms with Crippen molar-refractivity contribution in [1.82, 2.24) is 10.2 Å². The number of benzene rings is 2. The van der Waals surface area contributed by atoms with E-state index in [4.69, 9.17) is 11.6 Å². The summed E-state index contributed by atoms with van der Waals surface area (Å²) >= 11 is 6.25. The Hall–Kier alpha value is -2.58. The number of halogens is 1. The molecule has 0 heterocycles. The Labute approximate surface area is 219 Å². The number of hydrogen-bond acceptors (Lipinski definition) is 4. The molecule has 0 saturated heterocycles. The van der Waals surface area contributed by atoms with Crippen LogP contribution in [0.3, 0.4) is 0 Å². The van der Waals surface area contributed by atoms with Gasteiger partial charge < -0.3 is 10.2 Å². The first-order valence-electron chi connectivity index (χ1n) is 12.4. The molecule has 2 aromatic rings. The van der Waals surface area contributed by atoms with Gasteiger partial charge in [-0.05, 0) is 56.4 Å².